The van der Waals surface area contributed by atoms with Crippen LogP contribution in [0.25, 0.3) is 0 Å². The van der Waals surface area contributed by atoms with Crippen LogP contribution >= 0.6 is 27.5 Å². The summed E-state index contributed by atoms with van der Waals surface area (Å²) in [5.74, 6) is 0.781. The molecule has 102 valence electrons. The third kappa shape index (κ3) is 4.15. The van der Waals surface area contributed by atoms with Crippen molar-refractivity contribution < 1.29 is 4.74 Å². The second-order valence-corrected chi connectivity index (χ2v) is 6.84. The minimum absolute atomic E-state index is 0.00702. The van der Waals surface area contributed by atoms with Gasteiger partial charge < -0.3 is 10.5 Å². The van der Waals surface area contributed by atoms with Gasteiger partial charge in [-0.15, -0.1) is 0 Å². The number of hydrogen-bond acceptors (Lipinski definition) is 2. The van der Waals surface area contributed by atoms with Gasteiger partial charge >= 0.3 is 0 Å². The average molecular weight is 335 g/mol. The van der Waals surface area contributed by atoms with Gasteiger partial charge in [0.1, 0.15) is 11.9 Å². The van der Waals surface area contributed by atoms with E-state index in [4.69, 9.17) is 22.1 Å². The van der Waals surface area contributed by atoms with Crippen LogP contribution in [0.1, 0.15) is 34.1 Å². The van der Waals surface area contributed by atoms with Gasteiger partial charge in [0.25, 0.3) is 0 Å². The van der Waals surface area contributed by atoms with Gasteiger partial charge in [0.15, 0.2) is 0 Å². The van der Waals surface area contributed by atoms with Crippen LogP contribution in [0.2, 0.25) is 5.02 Å². The topological polar surface area (TPSA) is 35.2 Å². The van der Waals surface area contributed by atoms with E-state index < -0.39 is 0 Å². The van der Waals surface area contributed by atoms with Gasteiger partial charge in [-0.3, -0.25) is 0 Å². The summed E-state index contributed by atoms with van der Waals surface area (Å²) in [4.78, 5) is 0. The van der Waals surface area contributed by atoms with E-state index in [1.165, 1.54) is 0 Å². The average Bonchev–Trinajstić information content (AvgIpc) is 2.25. The number of halogens is 2. The van der Waals surface area contributed by atoms with E-state index in [1.807, 2.05) is 18.2 Å². The number of rotatable bonds is 4. The van der Waals surface area contributed by atoms with Crippen molar-refractivity contribution >= 4 is 27.5 Å². The van der Waals surface area contributed by atoms with Crippen LogP contribution in [-0.4, -0.2) is 12.1 Å². The molecule has 0 saturated carbocycles. The molecular weight excluding hydrogens is 314 g/mol. The predicted molar refractivity (Wildman–Crippen MR) is 81.3 cm³/mol. The zero-order chi connectivity index (χ0) is 13.9. The fraction of sp³-hybridized carbons (Fsp3) is 0.571. The maximum absolute atomic E-state index is 6.16. The lowest BCUT2D eigenvalue weighted by atomic mass is 9.84. The molecule has 0 fully saturated rings. The molecule has 1 rings (SSSR count). The summed E-state index contributed by atoms with van der Waals surface area (Å²) in [7, 11) is 0. The molecular formula is C14H21BrClNO. The van der Waals surface area contributed by atoms with Gasteiger partial charge in [-0.25, -0.2) is 0 Å². The lowest BCUT2D eigenvalue weighted by Gasteiger charge is -2.35. The van der Waals surface area contributed by atoms with Gasteiger partial charge in [-0.1, -0.05) is 39.3 Å². The highest BCUT2D eigenvalue weighted by Crippen LogP contribution is 2.33. The van der Waals surface area contributed by atoms with Crippen molar-refractivity contribution in [3.8, 4) is 5.75 Å². The Labute approximate surface area is 123 Å². The van der Waals surface area contributed by atoms with Crippen LogP contribution in [0.3, 0.4) is 0 Å². The van der Waals surface area contributed by atoms with Crippen molar-refractivity contribution in [1.29, 1.82) is 0 Å². The maximum Gasteiger partial charge on any atom is 0.134 e. The van der Waals surface area contributed by atoms with Crippen molar-refractivity contribution in [3.05, 3.63) is 27.7 Å². The molecule has 2 unspecified atom stereocenters. The van der Waals surface area contributed by atoms with Crippen LogP contribution in [0.15, 0.2) is 22.7 Å². The first-order chi connectivity index (χ1) is 8.25. The Morgan fingerprint density at radius 1 is 1.39 bits per heavy atom. The Hall–Kier alpha value is -0.250. The van der Waals surface area contributed by atoms with Gasteiger partial charge in [-0.2, -0.15) is 0 Å². The fourth-order valence-corrected chi connectivity index (χ4v) is 2.60. The van der Waals surface area contributed by atoms with Gasteiger partial charge in [0.05, 0.1) is 4.47 Å². The predicted octanol–water partition coefficient (Wildman–Crippen LogP) is 4.63. The Balaban J connectivity index is 2.96. The number of hydrogen-bond donors (Lipinski definition) is 1. The largest absolute Gasteiger partial charge is 0.487 e. The Bertz CT molecular complexity index is 403. The third-order valence-corrected chi connectivity index (χ3v) is 3.72. The minimum atomic E-state index is -0.0417. The molecule has 0 aliphatic rings. The highest BCUT2D eigenvalue weighted by Gasteiger charge is 2.31. The molecule has 0 saturated heterocycles. The molecule has 0 radical (unpaired) electrons. The van der Waals surface area contributed by atoms with E-state index in [2.05, 4.69) is 43.6 Å². The molecule has 1 aromatic carbocycles. The first-order valence-electron chi connectivity index (χ1n) is 6.13. The molecule has 0 spiro atoms. The van der Waals surface area contributed by atoms with Crippen molar-refractivity contribution in [2.75, 3.05) is 0 Å². The second kappa shape index (κ2) is 6.27. The molecule has 0 aliphatic heterocycles. The van der Waals surface area contributed by atoms with Crippen molar-refractivity contribution in [2.24, 2.45) is 11.1 Å². The summed E-state index contributed by atoms with van der Waals surface area (Å²) in [6, 6.07) is 5.52. The normalized spacial score (nSPS) is 15.3. The van der Waals surface area contributed by atoms with Crippen molar-refractivity contribution in [3.63, 3.8) is 0 Å². The van der Waals surface area contributed by atoms with E-state index in [1.54, 1.807) is 0 Å². The Morgan fingerprint density at radius 2 is 2.00 bits per heavy atom. The monoisotopic (exact) mass is 333 g/mol. The van der Waals surface area contributed by atoms with Crippen molar-refractivity contribution in [1.82, 2.24) is 0 Å². The fourth-order valence-electron chi connectivity index (χ4n) is 1.83. The SMILES string of the molecule is CCC(N)C(Oc1ccc(Cl)cc1Br)C(C)(C)C. The first-order valence-corrected chi connectivity index (χ1v) is 7.30. The van der Waals surface area contributed by atoms with Crippen molar-refractivity contribution in [2.45, 2.75) is 46.3 Å². The number of nitrogens with two attached hydrogens (primary N) is 1. The van der Waals surface area contributed by atoms with Crippen LogP contribution in [0.4, 0.5) is 0 Å². The molecule has 2 atom stereocenters. The summed E-state index contributed by atoms with van der Waals surface area (Å²) >= 11 is 9.39. The van der Waals surface area contributed by atoms with Crippen LogP contribution in [0, 0.1) is 5.41 Å². The van der Waals surface area contributed by atoms with Gasteiger partial charge in [0, 0.05) is 16.5 Å². The highest BCUT2D eigenvalue weighted by atomic mass is 79.9. The van der Waals surface area contributed by atoms with E-state index in [0.717, 1.165) is 16.6 Å². The highest BCUT2D eigenvalue weighted by molar-refractivity contribution is 9.10. The summed E-state index contributed by atoms with van der Waals surface area (Å²) < 4.78 is 6.94. The Morgan fingerprint density at radius 3 is 2.44 bits per heavy atom. The van der Waals surface area contributed by atoms with E-state index in [-0.39, 0.29) is 17.6 Å². The smallest absolute Gasteiger partial charge is 0.134 e. The zero-order valence-electron chi connectivity index (χ0n) is 11.3. The molecule has 0 bridgehead atoms. The van der Waals surface area contributed by atoms with E-state index >= 15 is 0 Å². The zero-order valence-corrected chi connectivity index (χ0v) is 13.7. The second-order valence-electron chi connectivity index (χ2n) is 5.55. The molecule has 4 heteroatoms. The molecule has 0 aliphatic carbocycles. The molecule has 0 heterocycles. The molecule has 0 amide bonds. The lowest BCUT2D eigenvalue weighted by Crippen LogP contribution is -2.47. The molecule has 1 aromatic rings. The number of benzene rings is 1. The van der Waals surface area contributed by atoms with Gasteiger partial charge in [-0.05, 0) is 40.5 Å². The molecule has 2 N–H and O–H groups in total. The molecule has 18 heavy (non-hydrogen) atoms. The van der Waals surface area contributed by atoms with E-state index in [9.17, 15) is 0 Å². The quantitative estimate of drug-likeness (QED) is 0.871. The standard InChI is InChI=1S/C14H21BrClNO/c1-5-11(17)13(14(2,3)4)18-12-7-6-9(16)8-10(12)15/h6-8,11,13H,5,17H2,1-4H3. The summed E-state index contributed by atoms with van der Waals surface area (Å²) in [6.45, 7) is 8.48. The van der Waals surface area contributed by atoms with Crippen LogP contribution in [-0.2, 0) is 0 Å². The molecule has 2 nitrogen and oxygen atoms in total. The minimum Gasteiger partial charge on any atom is -0.487 e. The summed E-state index contributed by atoms with van der Waals surface area (Å²) in [5.41, 5.74) is 6.15. The van der Waals surface area contributed by atoms with Crippen LogP contribution in [0.5, 0.6) is 5.75 Å². The van der Waals surface area contributed by atoms with Gasteiger partial charge in [0.2, 0.25) is 0 Å². The Kier molecular flexibility index (Phi) is 5.50. The van der Waals surface area contributed by atoms with Crippen LogP contribution < -0.4 is 10.5 Å². The first kappa shape index (κ1) is 15.8. The number of ether oxygens (including phenoxy) is 1. The summed E-state index contributed by atoms with van der Waals surface area (Å²) in [6.07, 6.45) is 0.840. The van der Waals surface area contributed by atoms with E-state index in [0.29, 0.717) is 5.02 Å². The molecule has 0 aromatic heterocycles. The summed E-state index contributed by atoms with van der Waals surface area (Å²) in [5, 5.41) is 0.682. The maximum atomic E-state index is 6.16. The lowest BCUT2D eigenvalue weighted by molar-refractivity contribution is 0.0615. The third-order valence-electron chi connectivity index (χ3n) is 2.86.